The summed E-state index contributed by atoms with van der Waals surface area (Å²) in [7, 11) is 0. The van der Waals surface area contributed by atoms with Crippen LogP contribution in [0.5, 0.6) is 5.75 Å². The number of phenolic OH excluding ortho intramolecular Hbond substituents is 1. The molecule has 6 nitrogen and oxygen atoms in total. The minimum Gasteiger partial charge on any atom is -0.508 e. The number of alkyl halides is 1. The van der Waals surface area contributed by atoms with Crippen molar-refractivity contribution in [3.05, 3.63) is 95.1 Å². The fourth-order valence-corrected chi connectivity index (χ4v) is 9.23. The molecule has 3 N–H and O–H groups in total. The van der Waals surface area contributed by atoms with Gasteiger partial charge in [-0.3, -0.25) is 9.59 Å². The number of phenols is 1. The molecule has 7 heteroatoms. The minimum atomic E-state index is -0.991. The van der Waals surface area contributed by atoms with Gasteiger partial charge in [-0.25, -0.2) is 4.39 Å². The standard InChI is InChI=1S/C40H49FN2O4/c1-26(44)42-31-15-13-28(14-16-31)39(47)43(25-27-10-6-5-7-11-27)21-9-4-3-8-12-29-22-30-23-32(45)17-18-33(30)38-35(41)24-40(2)34(37(29)38)19-20-36(40)46/h5-7,10-11,13-18,23,29,34-38,45-46H,3-4,8-9,12,19-22,24-25H2,1-2H3,(H,42,44)/t29-,34+,35+,36+,37+,38+,40+/m1/s1. The van der Waals surface area contributed by atoms with Crippen molar-refractivity contribution in [2.75, 3.05) is 11.9 Å². The van der Waals surface area contributed by atoms with Crippen LogP contribution in [0.2, 0.25) is 0 Å². The summed E-state index contributed by atoms with van der Waals surface area (Å²) in [5.74, 6) is 0.727. The van der Waals surface area contributed by atoms with Gasteiger partial charge in [-0.1, -0.05) is 62.6 Å². The lowest BCUT2D eigenvalue weighted by atomic mass is 9.51. The Labute approximate surface area is 278 Å². The van der Waals surface area contributed by atoms with Gasteiger partial charge in [-0.2, -0.15) is 0 Å². The van der Waals surface area contributed by atoms with Crippen molar-refractivity contribution in [3.63, 3.8) is 0 Å². The Kier molecular flexibility index (Phi) is 10.0. The van der Waals surface area contributed by atoms with E-state index in [9.17, 15) is 19.8 Å². The monoisotopic (exact) mass is 640 g/mol. The van der Waals surface area contributed by atoms with Gasteiger partial charge in [0.2, 0.25) is 5.91 Å². The Balaban J connectivity index is 1.09. The van der Waals surface area contributed by atoms with Crippen molar-refractivity contribution >= 4 is 17.5 Å². The summed E-state index contributed by atoms with van der Waals surface area (Å²) >= 11 is 0. The van der Waals surface area contributed by atoms with Gasteiger partial charge >= 0.3 is 0 Å². The number of nitrogens with zero attached hydrogens (tertiary/aromatic N) is 1. The number of aromatic hydroxyl groups is 1. The second kappa shape index (κ2) is 14.2. The molecule has 47 heavy (non-hydrogen) atoms. The molecule has 0 heterocycles. The van der Waals surface area contributed by atoms with Gasteiger partial charge in [0.1, 0.15) is 11.9 Å². The highest BCUT2D eigenvalue weighted by atomic mass is 19.1. The average molecular weight is 641 g/mol. The third-order valence-corrected chi connectivity index (χ3v) is 11.5. The Morgan fingerprint density at radius 3 is 2.47 bits per heavy atom. The molecular weight excluding hydrogens is 591 g/mol. The first-order valence-electron chi connectivity index (χ1n) is 17.5. The first-order chi connectivity index (χ1) is 22.6. The van der Waals surface area contributed by atoms with Gasteiger partial charge in [0.05, 0.1) is 6.10 Å². The van der Waals surface area contributed by atoms with Crippen LogP contribution in [-0.2, 0) is 17.8 Å². The highest BCUT2D eigenvalue weighted by Gasteiger charge is 2.59. The van der Waals surface area contributed by atoms with Crippen molar-refractivity contribution in [3.8, 4) is 5.75 Å². The maximum absolute atomic E-state index is 16.1. The Bertz CT molecular complexity index is 1550. The van der Waals surface area contributed by atoms with Crippen molar-refractivity contribution < 1.29 is 24.2 Å². The van der Waals surface area contributed by atoms with E-state index in [1.807, 2.05) is 47.4 Å². The fraction of sp³-hybridized carbons (Fsp3) is 0.500. The zero-order valence-corrected chi connectivity index (χ0v) is 27.7. The number of amides is 2. The molecule has 3 aliphatic carbocycles. The van der Waals surface area contributed by atoms with Gasteiger partial charge < -0.3 is 20.4 Å². The number of nitrogens with one attached hydrogen (secondary N) is 1. The second-order valence-electron chi connectivity index (χ2n) is 14.5. The molecule has 250 valence electrons. The van der Waals surface area contributed by atoms with Crippen LogP contribution in [0, 0.1) is 23.2 Å². The smallest absolute Gasteiger partial charge is 0.254 e. The van der Waals surface area contributed by atoms with E-state index in [4.69, 9.17) is 0 Å². The number of aliphatic hydroxyl groups excluding tert-OH is 1. The van der Waals surface area contributed by atoms with Gasteiger partial charge in [-0.05, 0) is 115 Å². The minimum absolute atomic E-state index is 0.0294. The first kappa shape index (κ1) is 33.2. The molecule has 0 bridgehead atoms. The third kappa shape index (κ3) is 7.11. The largest absolute Gasteiger partial charge is 0.508 e. The van der Waals surface area contributed by atoms with Crippen LogP contribution in [0.15, 0.2) is 72.8 Å². The highest BCUT2D eigenvalue weighted by molar-refractivity contribution is 5.95. The van der Waals surface area contributed by atoms with Crippen molar-refractivity contribution in [1.29, 1.82) is 0 Å². The van der Waals surface area contributed by atoms with E-state index in [0.717, 1.165) is 68.1 Å². The number of hydrogen-bond donors (Lipinski definition) is 3. The van der Waals surface area contributed by atoms with Crippen molar-refractivity contribution in [1.82, 2.24) is 4.90 Å². The molecule has 7 atom stereocenters. The molecule has 0 unspecified atom stereocenters. The summed E-state index contributed by atoms with van der Waals surface area (Å²) in [5.41, 5.74) is 4.12. The number of hydrogen-bond acceptors (Lipinski definition) is 4. The summed E-state index contributed by atoms with van der Waals surface area (Å²) in [4.78, 5) is 26.9. The average Bonchev–Trinajstić information content (AvgIpc) is 3.34. The van der Waals surface area contributed by atoms with Gasteiger partial charge in [0.25, 0.3) is 5.91 Å². The molecule has 0 aromatic heterocycles. The second-order valence-corrected chi connectivity index (χ2v) is 14.5. The van der Waals surface area contributed by atoms with E-state index in [1.54, 1.807) is 30.3 Å². The number of anilines is 1. The van der Waals surface area contributed by atoms with E-state index in [1.165, 1.54) is 6.92 Å². The number of carbonyl (C=O) groups is 2. The maximum atomic E-state index is 16.1. The van der Waals surface area contributed by atoms with Crippen molar-refractivity contribution in [2.24, 2.45) is 23.2 Å². The summed E-state index contributed by atoms with van der Waals surface area (Å²) in [6.07, 6.45) is 6.47. The number of benzene rings is 3. The zero-order chi connectivity index (χ0) is 33.1. The number of halogens is 1. The highest BCUT2D eigenvalue weighted by Crippen LogP contribution is 2.63. The van der Waals surface area contributed by atoms with Crippen LogP contribution in [0.1, 0.15) is 98.2 Å². The summed E-state index contributed by atoms with van der Waals surface area (Å²) < 4.78 is 16.1. The third-order valence-electron chi connectivity index (χ3n) is 11.5. The number of unbranched alkanes of at least 4 members (excludes halogenated alkanes) is 3. The Hall–Kier alpha value is -3.71. The number of rotatable bonds is 11. The van der Waals surface area contributed by atoms with Gasteiger partial charge in [0.15, 0.2) is 0 Å². The molecule has 3 aromatic rings. The van der Waals surface area contributed by atoms with Gasteiger partial charge in [-0.15, -0.1) is 0 Å². The molecule has 0 aliphatic heterocycles. The van der Waals surface area contributed by atoms with Crippen LogP contribution in [0.4, 0.5) is 10.1 Å². The van der Waals surface area contributed by atoms with Gasteiger partial charge in [0, 0.05) is 37.2 Å². The van der Waals surface area contributed by atoms with Crippen LogP contribution >= 0.6 is 0 Å². The van der Waals surface area contributed by atoms with Crippen LogP contribution < -0.4 is 5.32 Å². The molecule has 3 aliphatic rings. The number of carbonyl (C=O) groups excluding carboxylic acids is 2. The fourth-order valence-electron chi connectivity index (χ4n) is 9.23. The molecule has 0 spiro atoms. The SMILES string of the molecule is CC(=O)Nc1ccc(C(=O)N(CCCCCC[C@@H]2Cc3cc(O)ccc3[C@@H]3[C@@H]2[C@@H]2CC[C@H](O)[C@@]2(C)C[C@@H]3F)Cc2ccccc2)cc1. The molecule has 2 saturated carbocycles. The predicted octanol–water partition coefficient (Wildman–Crippen LogP) is 8.03. The summed E-state index contributed by atoms with van der Waals surface area (Å²) in [6.45, 7) is 4.75. The lowest BCUT2D eigenvalue weighted by Crippen LogP contribution is -2.51. The first-order valence-corrected chi connectivity index (χ1v) is 17.5. The molecule has 0 radical (unpaired) electrons. The van der Waals surface area contributed by atoms with E-state index in [0.29, 0.717) is 42.6 Å². The van der Waals surface area contributed by atoms with E-state index in [-0.39, 0.29) is 34.8 Å². The predicted molar refractivity (Wildman–Crippen MR) is 183 cm³/mol. The summed E-state index contributed by atoms with van der Waals surface area (Å²) in [6, 6.07) is 22.6. The lowest BCUT2D eigenvalue weighted by molar-refractivity contribution is -0.114. The molecule has 2 fully saturated rings. The topological polar surface area (TPSA) is 89.9 Å². The molecular formula is C40H49FN2O4. The number of fused-ring (bicyclic) bond motifs is 5. The van der Waals surface area contributed by atoms with E-state index < -0.39 is 12.3 Å². The molecule has 2 amide bonds. The quantitative estimate of drug-likeness (QED) is 0.185. The Morgan fingerprint density at radius 1 is 0.979 bits per heavy atom. The van der Waals surface area contributed by atoms with E-state index >= 15 is 4.39 Å². The molecule has 0 saturated heterocycles. The van der Waals surface area contributed by atoms with Crippen LogP contribution in [-0.4, -0.2) is 45.7 Å². The van der Waals surface area contributed by atoms with Crippen LogP contribution in [0.3, 0.4) is 0 Å². The van der Waals surface area contributed by atoms with Crippen molar-refractivity contribution in [2.45, 2.75) is 96.4 Å². The lowest BCUT2D eigenvalue weighted by Gasteiger charge is -2.54. The number of aliphatic hydroxyl groups is 1. The molecule has 3 aromatic carbocycles. The zero-order valence-electron chi connectivity index (χ0n) is 27.7. The summed E-state index contributed by atoms with van der Waals surface area (Å²) in [5, 5.41) is 23.9. The van der Waals surface area contributed by atoms with E-state index in [2.05, 4.69) is 12.2 Å². The van der Waals surface area contributed by atoms with Crippen LogP contribution in [0.25, 0.3) is 0 Å². The molecule has 6 rings (SSSR count). The maximum Gasteiger partial charge on any atom is 0.254 e. The Morgan fingerprint density at radius 2 is 1.72 bits per heavy atom. The normalized spacial score (nSPS) is 27.7.